The van der Waals surface area contributed by atoms with Crippen molar-refractivity contribution in [1.29, 1.82) is 0 Å². The van der Waals surface area contributed by atoms with Crippen LogP contribution < -0.4 is 10.3 Å². The summed E-state index contributed by atoms with van der Waals surface area (Å²) in [5, 5.41) is 0. The van der Waals surface area contributed by atoms with Gasteiger partial charge in [-0.3, -0.25) is 9.59 Å². The van der Waals surface area contributed by atoms with Crippen LogP contribution in [-0.4, -0.2) is 10.5 Å². The molecule has 98 valence electrons. The minimum atomic E-state index is -0.348. The van der Waals surface area contributed by atoms with Crippen molar-refractivity contribution in [3.8, 4) is 5.75 Å². The van der Waals surface area contributed by atoms with Gasteiger partial charge in [0.1, 0.15) is 5.75 Å². The molecule has 0 spiro atoms. The largest absolute Gasteiger partial charge is 0.426 e. The van der Waals surface area contributed by atoms with Crippen molar-refractivity contribution in [1.82, 2.24) is 4.57 Å². The van der Waals surface area contributed by atoms with Gasteiger partial charge in [-0.25, -0.2) is 0 Å². The van der Waals surface area contributed by atoms with Crippen molar-refractivity contribution in [2.45, 2.75) is 19.9 Å². The van der Waals surface area contributed by atoms with Gasteiger partial charge < -0.3 is 9.30 Å². The number of ether oxygens (including phenoxy) is 1. The predicted octanol–water partition coefficient (Wildman–Crippen LogP) is 2.15. The van der Waals surface area contributed by atoms with Crippen LogP contribution in [0.25, 0.3) is 0 Å². The van der Waals surface area contributed by atoms with Crippen molar-refractivity contribution in [2.24, 2.45) is 0 Å². The van der Waals surface area contributed by atoms with Crippen molar-refractivity contribution < 1.29 is 9.53 Å². The molecule has 0 atom stereocenters. The number of benzene rings is 1. The third-order valence-electron chi connectivity index (χ3n) is 2.71. The molecule has 1 heterocycles. The smallest absolute Gasteiger partial charge is 0.312 e. The summed E-state index contributed by atoms with van der Waals surface area (Å²) in [5.41, 5.74) is 0.987. The molecular weight excluding hydrogens is 242 g/mol. The van der Waals surface area contributed by atoms with E-state index in [2.05, 4.69) is 0 Å². The van der Waals surface area contributed by atoms with E-state index in [4.69, 9.17) is 4.74 Å². The maximum atomic E-state index is 11.6. The fourth-order valence-corrected chi connectivity index (χ4v) is 1.65. The SMILES string of the molecule is Cc1ccc(OC(=O)CCn2ccccc2=O)cc1. The maximum absolute atomic E-state index is 11.6. The van der Waals surface area contributed by atoms with E-state index in [1.807, 2.05) is 19.1 Å². The number of nitrogens with zero attached hydrogens (tertiary/aromatic N) is 1. The number of carbonyl (C=O) groups excluding carboxylic acids is 1. The van der Waals surface area contributed by atoms with Crippen LogP contribution in [0.3, 0.4) is 0 Å². The lowest BCUT2D eigenvalue weighted by atomic mass is 10.2. The van der Waals surface area contributed by atoms with E-state index in [0.717, 1.165) is 5.56 Å². The zero-order valence-corrected chi connectivity index (χ0v) is 10.7. The Labute approximate surface area is 111 Å². The lowest BCUT2D eigenvalue weighted by Crippen LogP contribution is -2.20. The molecule has 4 heteroatoms. The fourth-order valence-electron chi connectivity index (χ4n) is 1.65. The van der Waals surface area contributed by atoms with E-state index < -0.39 is 0 Å². The molecule has 4 nitrogen and oxygen atoms in total. The number of aromatic nitrogens is 1. The average Bonchev–Trinajstić information content (AvgIpc) is 2.40. The van der Waals surface area contributed by atoms with Crippen LogP contribution in [0.1, 0.15) is 12.0 Å². The highest BCUT2D eigenvalue weighted by molar-refractivity contribution is 5.72. The van der Waals surface area contributed by atoms with E-state index in [1.54, 1.807) is 30.5 Å². The van der Waals surface area contributed by atoms with Gasteiger partial charge in [0.2, 0.25) is 0 Å². The Morgan fingerprint density at radius 1 is 1.16 bits per heavy atom. The van der Waals surface area contributed by atoms with Gasteiger partial charge in [0.25, 0.3) is 5.56 Å². The summed E-state index contributed by atoms with van der Waals surface area (Å²) >= 11 is 0. The van der Waals surface area contributed by atoms with E-state index in [1.165, 1.54) is 10.6 Å². The topological polar surface area (TPSA) is 48.3 Å². The van der Waals surface area contributed by atoms with E-state index >= 15 is 0 Å². The summed E-state index contributed by atoms with van der Waals surface area (Å²) in [5.74, 6) is 0.176. The van der Waals surface area contributed by atoms with Crippen LogP contribution in [0.2, 0.25) is 0 Å². The summed E-state index contributed by atoms with van der Waals surface area (Å²) in [6.07, 6.45) is 1.82. The highest BCUT2D eigenvalue weighted by Crippen LogP contribution is 2.12. The minimum Gasteiger partial charge on any atom is -0.426 e. The molecule has 0 bridgehead atoms. The molecule has 0 amide bonds. The summed E-state index contributed by atoms with van der Waals surface area (Å²) in [6.45, 7) is 2.29. The van der Waals surface area contributed by atoms with E-state index in [-0.39, 0.29) is 17.9 Å². The molecule has 1 aromatic heterocycles. The molecular formula is C15H15NO3. The van der Waals surface area contributed by atoms with E-state index in [0.29, 0.717) is 12.3 Å². The highest BCUT2D eigenvalue weighted by atomic mass is 16.5. The number of hydrogen-bond donors (Lipinski definition) is 0. The van der Waals surface area contributed by atoms with Crippen LogP contribution >= 0.6 is 0 Å². The quantitative estimate of drug-likeness (QED) is 0.623. The second kappa shape index (κ2) is 6.00. The van der Waals surface area contributed by atoms with Crippen LogP contribution in [0.4, 0.5) is 0 Å². The summed E-state index contributed by atoms with van der Waals surface area (Å²) in [6, 6.07) is 12.2. The molecule has 1 aromatic carbocycles. The number of pyridine rings is 1. The number of esters is 1. The number of rotatable bonds is 4. The Balaban J connectivity index is 1.90. The van der Waals surface area contributed by atoms with Crippen LogP contribution in [0.15, 0.2) is 53.5 Å². The number of hydrogen-bond acceptors (Lipinski definition) is 3. The highest BCUT2D eigenvalue weighted by Gasteiger charge is 2.05. The Morgan fingerprint density at radius 3 is 2.58 bits per heavy atom. The van der Waals surface area contributed by atoms with Gasteiger partial charge in [-0.2, -0.15) is 0 Å². The standard InChI is InChI=1S/C15H15NO3/c1-12-5-7-13(8-6-12)19-15(18)9-11-16-10-3-2-4-14(16)17/h2-8,10H,9,11H2,1H3. The Kier molecular flexibility index (Phi) is 4.13. The van der Waals surface area contributed by atoms with Gasteiger partial charge in [0, 0.05) is 18.8 Å². The molecule has 0 saturated carbocycles. The molecule has 0 fully saturated rings. The molecule has 19 heavy (non-hydrogen) atoms. The molecule has 0 aliphatic rings. The molecule has 2 rings (SSSR count). The van der Waals surface area contributed by atoms with Crippen molar-refractivity contribution in [3.63, 3.8) is 0 Å². The maximum Gasteiger partial charge on any atom is 0.312 e. The van der Waals surface area contributed by atoms with Gasteiger partial charge in [0.05, 0.1) is 6.42 Å². The third-order valence-corrected chi connectivity index (χ3v) is 2.71. The lowest BCUT2D eigenvalue weighted by molar-refractivity contribution is -0.134. The van der Waals surface area contributed by atoms with Gasteiger partial charge in [-0.05, 0) is 25.1 Å². The zero-order chi connectivity index (χ0) is 13.7. The molecule has 0 N–H and O–H groups in total. The molecule has 0 saturated heterocycles. The van der Waals surface area contributed by atoms with Crippen LogP contribution in [-0.2, 0) is 11.3 Å². The van der Waals surface area contributed by atoms with Gasteiger partial charge >= 0.3 is 5.97 Å². The normalized spacial score (nSPS) is 10.2. The van der Waals surface area contributed by atoms with Gasteiger partial charge in [0.15, 0.2) is 0 Å². The zero-order valence-electron chi connectivity index (χ0n) is 10.7. The third kappa shape index (κ3) is 3.81. The van der Waals surface area contributed by atoms with E-state index in [9.17, 15) is 9.59 Å². The van der Waals surface area contributed by atoms with Crippen molar-refractivity contribution >= 4 is 5.97 Å². The summed E-state index contributed by atoms with van der Waals surface area (Å²) in [4.78, 5) is 23.1. The summed E-state index contributed by atoms with van der Waals surface area (Å²) < 4.78 is 6.66. The van der Waals surface area contributed by atoms with Crippen LogP contribution in [0.5, 0.6) is 5.75 Å². The molecule has 0 radical (unpaired) electrons. The number of aryl methyl sites for hydroxylation is 2. The Bertz CT molecular complexity index is 614. The van der Waals surface area contributed by atoms with Crippen LogP contribution in [0, 0.1) is 6.92 Å². The number of carbonyl (C=O) groups is 1. The molecule has 0 unspecified atom stereocenters. The Morgan fingerprint density at radius 2 is 1.89 bits per heavy atom. The second-order valence-corrected chi connectivity index (χ2v) is 4.27. The van der Waals surface area contributed by atoms with Gasteiger partial charge in [-0.1, -0.05) is 23.8 Å². The first-order valence-electron chi connectivity index (χ1n) is 6.08. The molecule has 0 aliphatic carbocycles. The molecule has 0 aliphatic heterocycles. The minimum absolute atomic E-state index is 0.120. The monoisotopic (exact) mass is 257 g/mol. The lowest BCUT2D eigenvalue weighted by Gasteiger charge is -2.06. The second-order valence-electron chi connectivity index (χ2n) is 4.27. The first-order valence-corrected chi connectivity index (χ1v) is 6.08. The average molecular weight is 257 g/mol. The first-order chi connectivity index (χ1) is 9.15. The van der Waals surface area contributed by atoms with Gasteiger partial charge in [-0.15, -0.1) is 0 Å². The van der Waals surface area contributed by atoms with Crippen molar-refractivity contribution in [3.05, 3.63) is 64.6 Å². The summed E-state index contributed by atoms with van der Waals surface area (Å²) in [7, 11) is 0. The molecule has 2 aromatic rings. The predicted molar refractivity (Wildman–Crippen MR) is 72.1 cm³/mol. The fraction of sp³-hybridized carbons (Fsp3) is 0.200. The Hall–Kier alpha value is -2.36. The first kappa shape index (κ1) is 13.1. The van der Waals surface area contributed by atoms with Crippen molar-refractivity contribution in [2.75, 3.05) is 0 Å².